The molecule has 0 spiro atoms. The summed E-state index contributed by atoms with van der Waals surface area (Å²) in [5, 5.41) is 3.04. The second kappa shape index (κ2) is 9.47. The van der Waals surface area contributed by atoms with Crippen LogP contribution in [0.3, 0.4) is 0 Å². The van der Waals surface area contributed by atoms with Crippen molar-refractivity contribution in [2.24, 2.45) is 0 Å². The number of nitrogens with one attached hydrogen (secondary N) is 1. The molecule has 1 aromatic carbocycles. The maximum absolute atomic E-state index is 12.5. The topological polar surface area (TPSA) is 87.7 Å². The molecule has 1 aliphatic rings. The molecule has 1 unspecified atom stereocenters. The smallest absolute Gasteiger partial charge is 0.248 e. The number of carbonyl (C=O) groups excluding carboxylic acids is 2. The van der Waals surface area contributed by atoms with Gasteiger partial charge in [0.1, 0.15) is 18.2 Å². The van der Waals surface area contributed by atoms with Crippen LogP contribution in [0.2, 0.25) is 0 Å². The molecule has 1 atom stereocenters. The van der Waals surface area contributed by atoms with E-state index in [1.165, 1.54) is 12.0 Å². The number of hydrogen-bond donors (Lipinski definition) is 1. The normalized spacial score (nSPS) is 16.2. The number of amides is 2. The maximum atomic E-state index is 12.5. The van der Waals surface area contributed by atoms with Crippen LogP contribution in [0.4, 0.5) is 5.82 Å². The third-order valence-corrected chi connectivity index (χ3v) is 4.97. The molecule has 29 heavy (non-hydrogen) atoms. The second-order valence-electron chi connectivity index (χ2n) is 7.19. The highest BCUT2D eigenvalue weighted by atomic mass is 16.5. The van der Waals surface area contributed by atoms with Crippen molar-refractivity contribution in [1.82, 2.24) is 19.8 Å². The summed E-state index contributed by atoms with van der Waals surface area (Å²) in [7, 11) is 4.97. The molecular weight excluding hydrogens is 370 g/mol. The molecule has 154 valence electrons. The van der Waals surface area contributed by atoms with E-state index >= 15 is 0 Å². The van der Waals surface area contributed by atoms with E-state index in [9.17, 15) is 9.59 Å². The van der Waals surface area contributed by atoms with Gasteiger partial charge in [-0.25, -0.2) is 9.97 Å². The first-order chi connectivity index (χ1) is 14.0. The van der Waals surface area contributed by atoms with E-state index in [0.29, 0.717) is 31.2 Å². The van der Waals surface area contributed by atoms with Gasteiger partial charge in [0.25, 0.3) is 0 Å². The summed E-state index contributed by atoms with van der Waals surface area (Å²) in [6.45, 7) is 1.51. The van der Waals surface area contributed by atoms with Crippen LogP contribution in [0.5, 0.6) is 0 Å². The molecule has 1 aliphatic heterocycles. The SMILES string of the molecule is CNc1cc(C2CC(=O)N(Cc3ccccc3)C2)nc(CN(C)C(=O)COC)n1. The molecule has 8 heteroatoms. The highest BCUT2D eigenvalue weighted by Crippen LogP contribution is 2.29. The van der Waals surface area contributed by atoms with Gasteiger partial charge in [-0.1, -0.05) is 30.3 Å². The summed E-state index contributed by atoms with van der Waals surface area (Å²) >= 11 is 0. The van der Waals surface area contributed by atoms with Gasteiger partial charge in [-0.2, -0.15) is 0 Å². The van der Waals surface area contributed by atoms with Crippen LogP contribution in [0.15, 0.2) is 36.4 Å². The fraction of sp³-hybridized carbons (Fsp3) is 0.429. The highest BCUT2D eigenvalue weighted by Gasteiger charge is 2.32. The van der Waals surface area contributed by atoms with Crippen LogP contribution in [0.1, 0.15) is 29.4 Å². The van der Waals surface area contributed by atoms with Crippen molar-refractivity contribution >= 4 is 17.6 Å². The minimum Gasteiger partial charge on any atom is -0.375 e. The van der Waals surface area contributed by atoms with Gasteiger partial charge in [0, 0.05) is 52.7 Å². The van der Waals surface area contributed by atoms with E-state index in [1.54, 1.807) is 14.1 Å². The van der Waals surface area contributed by atoms with Gasteiger partial charge in [0.2, 0.25) is 11.8 Å². The number of methoxy groups -OCH3 is 1. The molecule has 1 saturated heterocycles. The summed E-state index contributed by atoms with van der Waals surface area (Å²) in [5.41, 5.74) is 1.93. The van der Waals surface area contributed by atoms with Gasteiger partial charge in [-0.15, -0.1) is 0 Å². The molecule has 8 nitrogen and oxygen atoms in total. The Hall–Kier alpha value is -3.00. The Morgan fingerprint density at radius 1 is 1.31 bits per heavy atom. The minimum atomic E-state index is -0.141. The van der Waals surface area contributed by atoms with Crippen molar-refractivity contribution in [1.29, 1.82) is 0 Å². The van der Waals surface area contributed by atoms with Gasteiger partial charge >= 0.3 is 0 Å². The van der Waals surface area contributed by atoms with E-state index in [2.05, 4.69) is 15.3 Å². The van der Waals surface area contributed by atoms with Crippen molar-refractivity contribution in [3.63, 3.8) is 0 Å². The number of nitrogens with zero attached hydrogens (tertiary/aromatic N) is 4. The summed E-state index contributed by atoms with van der Waals surface area (Å²) in [6, 6.07) is 11.8. The Morgan fingerprint density at radius 3 is 2.76 bits per heavy atom. The molecule has 2 heterocycles. The van der Waals surface area contributed by atoms with Gasteiger partial charge in [0.05, 0.1) is 12.2 Å². The van der Waals surface area contributed by atoms with Gasteiger partial charge in [-0.3, -0.25) is 9.59 Å². The van der Waals surface area contributed by atoms with Crippen LogP contribution in [-0.4, -0.2) is 65.9 Å². The van der Waals surface area contributed by atoms with E-state index in [0.717, 1.165) is 11.3 Å². The van der Waals surface area contributed by atoms with Crippen molar-refractivity contribution in [2.75, 3.05) is 39.7 Å². The first-order valence-electron chi connectivity index (χ1n) is 9.60. The Morgan fingerprint density at radius 2 is 2.07 bits per heavy atom. The summed E-state index contributed by atoms with van der Waals surface area (Å²) in [6.07, 6.45) is 0.422. The molecule has 1 N–H and O–H groups in total. The molecule has 1 aromatic heterocycles. The molecule has 1 fully saturated rings. The molecule has 3 rings (SSSR count). The molecule has 0 radical (unpaired) electrons. The van der Waals surface area contributed by atoms with E-state index in [-0.39, 0.29) is 30.9 Å². The average Bonchev–Trinajstić information content (AvgIpc) is 3.09. The number of anilines is 1. The predicted molar refractivity (Wildman–Crippen MR) is 109 cm³/mol. The fourth-order valence-electron chi connectivity index (χ4n) is 3.39. The largest absolute Gasteiger partial charge is 0.375 e. The minimum absolute atomic E-state index is 0.0000417. The zero-order valence-corrected chi connectivity index (χ0v) is 17.1. The standard InChI is InChI=1S/C21H27N5O3/c1-22-18-10-17(23-19(24-18)13-25(2)21(28)14-29-3)16-9-20(27)26(12-16)11-15-7-5-4-6-8-15/h4-8,10,16H,9,11-14H2,1-3H3,(H,22,23,24). The Labute approximate surface area is 170 Å². The van der Waals surface area contributed by atoms with E-state index in [4.69, 9.17) is 4.74 Å². The monoisotopic (exact) mass is 397 g/mol. The van der Waals surface area contributed by atoms with Gasteiger partial charge < -0.3 is 19.9 Å². The lowest BCUT2D eigenvalue weighted by Crippen LogP contribution is -2.30. The zero-order valence-electron chi connectivity index (χ0n) is 17.1. The first-order valence-corrected chi connectivity index (χ1v) is 9.60. The van der Waals surface area contributed by atoms with Crippen molar-refractivity contribution in [2.45, 2.75) is 25.4 Å². The number of benzene rings is 1. The summed E-state index contributed by atoms with van der Waals surface area (Å²) in [4.78, 5) is 37.0. The molecule has 0 bridgehead atoms. The number of ether oxygens (including phenoxy) is 1. The molecule has 2 aromatic rings. The van der Waals surface area contributed by atoms with E-state index < -0.39 is 0 Å². The van der Waals surface area contributed by atoms with Crippen LogP contribution in [0.25, 0.3) is 0 Å². The van der Waals surface area contributed by atoms with Gasteiger partial charge in [-0.05, 0) is 5.56 Å². The van der Waals surface area contributed by atoms with Crippen LogP contribution in [0, 0.1) is 0 Å². The lowest BCUT2D eigenvalue weighted by molar-refractivity contribution is -0.134. The molecule has 0 saturated carbocycles. The maximum Gasteiger partial charge on any atom is 0.248 e. The summed E-state index contributed by atoms with van der Waals surface area (Å²) < 4.78 is 4.90. The van der Waals surface area contributed by atoms with Crippen LogP contribution in [-0.2, 0) is 27.4 Å². The van der Waals surface area contributed by atoms with Crippen molar-refractivity contribution in [3.05, 3.63) is 53.5 Å². The zero-order chi connectivity index (χ0) is 20.8. The van der Waals surface area contributed by atoms with Crippen LogP contribution >= 0.6 is 0 Å². The third kappa shape index (κ3) is 5.29. The van der Waals surface area contributed by atoms with Gasteiger partial charge in [0.15, 0.2) is 0 Å². The average molecular weight is 397 g/mol. The number of likely N-dealkylation sites (N-methyl/N-ethyl adjacent to an activating group) is 1. The number of rotatable bonds is 8. The molecule has 0 aliphatic carbocycles. The van der Waals surface area contributed by atoms with Crippen LogP contribution < -0.4 is 5.32 Å². The highest BCUT2D eigenvalue weighted by molar-refractivity contribution is 5.79. The fourth-order valence-corrected chi connectivity index (χ4v) is 3.39. The number of aromatic nitrogens is 2. The quantitative estimate of drug-likeness (QED) is 0.729. The van der Waals surface area contributed by atoms with E-state index in [1.807, 2.05) is 41.3 Å². The third-order valence-electron chi connectivity index (χ3n) is 4.97. The molecular formula is C21H27N5O3. The molecule has 2 amide bonds. The Kier molecular flexibility index (Phi) is 6.77. The Bertz CT molecular complexity index is 859. The van der Waals surface area contributed by atoms with Crippen molar-refractivity contribution < 1.29 is 14.3 Å². The Balaban J connectivity index is 1.74. The predicted octanol–water partition coefficient (Wildman–Crippen LogP) is 1.64. The lowest BCUT2D eigenvalue weighted by atomic mass is 10.0. The number of likely N-dealkylation sites (tertiary alicyclic amines) is 1. The summed E-state index contributed by atoms with van der Waals surface area (Å²) in [5.74, 6) is 1.19. The second-order valence-corrected chi connectivity index (χ2v) is 7.19. The first kappa shape index (κ1) is 20.7. The number of carbonyl (C=O) groups is 2. The number of hydrogen-bond acceptors (Lipinski definition) is 6. The van der Waals surface area contributed by atoms with Crippen molar-refractivity contribution in [3.8, 4) is 0 Å². The lowest BCUT2D eigenvalue weighted by Gasteiger charge is -2.19.